The summed E-state index contributed by atoms with van der Waals surface area (Å²) in [7, 11) is 0. The van der Waals surface area contributed by atoms with E-state index in [1.165, 1.54) is 6.42 Å². The van der Waals surface area contributed by atoms with Crippen LogP contribution in [0.2, 0.25) is 0 Å². The van der Waals surface area contributed by atoms with Gasteiger partial charge in [0.1, 0.15) is 6.61 Å². The van der Waals surface area contributed by atoms with E-state index in [1.54, 1.807) is 31.2 Å². The van der Waals surface area contributed by atoms with Crippen LogP contribution in [0.3, 0.4) is 0 Å². The molecule has 1 aromatic rings. The highest BCUT2D eigenvalue weighted by atomic mass is 16.5. The summed E-state index contributed by atoms with van der Waals surface area (Å²) in [5.74, 6) is -0.0406. The molecule has 0 aliphatic rings. The molecule has 0 saturated carbocycles. The Balaban J connectivity index is 0.000000982. The fourth-order valence-electron chi connectivity index (χ4n) is 1.09. The first-order chi connectivity index (χ1) is 9.03. The van der Waals surface area contributed by atoms with Gasteiger partial charge in [0, 0.05) is 12.1 Å². The number of nitrogens with two attached hydrogens (primary N) is 1. The first-order valence-electron chi connectivity index (χ1n) is 6.34. The monoisotopic (exact) mass is 266 g/mol. The van der Waals surface area contributed by atoms with Crippen LogP contribution in [-0.4, -0.2) is 12.0 Å². The van der Waals surface area contributed by atoms with Crippen LogP contribution in [0.15, 0.2) is 24.3 Å². The van der Waals surface area contributed by atoms with Crippen molar-refractivity contribution in [1.82, 2.24) is 0 Å². The van der Waals surface area contributed by atoms with Crippen molar-refractivity contribution in [3.8, 4) is 0 Å². The standard InChI is InChI=1S/C11H14N2O3.C3H8/c1-2-10(14)13-9-5-3-8(4-6-9)7-16-11(12)15;1-3-2/h3-6H,2,7H2,1H3,(H2,12,15)(H,13,14);3H2,1-2H3. The number of ether oxygens (including phenoxy) is 1. The van der Waals surface area contributed by atoms with E-state index in [0.29, 0.717) is 6.42 Å². The average Bonchev–Trinajstić information content (AvgIpc) is 2.38. The van der Waals surface area contributed by atoms with Gasteiger partial charge in [-0.15, -0.1) is 0 Å². The molecule has 1 aromatic carbocycles. The zero-order chi connectivity index (χ0) is 14.7. The Bertz CT molecular complexity index is 388. The van der Waals surface area contributed by atoms with E-state index in [4.69, 9.17) is 5.73 Å². The Labute approximate surface area is 114 Å². The van der Waals surface area contributed by atoms with E-state index in [0.717, 1.165) is 11.3 Å². The van der Waals surface area contributed by atoms with Crippen LogP contribution in [0.4, 0.5) is 10.5 Å². The number of hydrogen-bond donors (Lipinski definition) is 2. The first-order valence-corrected chi connectivity index (χ1v) is 6.34. The summed E-state index contributed by atoms with van der Waals surface area (Å²) < 4.78 is 4.62. The largest absolute Gasteiger partial charge is 0.445 e. The van der Waals surface area contributed by atoms with E-state index < -0.39 is 6.09 Å². The van der Waals surface area contributed by atoms with Gasteiger partial charge in [-0.2, -0.15) is 0 Å². The lowest BCUT2D eigenvalue weighted by molar-refractivity contribution is -0.115. The van der Waals surface area contributed by atoms with Crippen molar-refractivity contribution in [2.45, 2.75) is 40.2 Å². The molecule has 0 atom stereocenters. The van der Waals surface area contributed by atoms with Crippen molar-refractivity contribution >= 4 is 17.7 Å². The Kier molecular flexibility index (Phi) is 8.87. The van der Waals surface area contributed by atoms with Gasteiger partial charge in [-0.25, -0.2) is 4.79 Å². The van der Waals surface area contributed by atoms with Gasteiger partial charge in [-0.1, -0.05) is 39.3 Å². The molecule has 5 heteroatoms. The van der Waals surface area contributed by atoms with Crippen LogP contribution < -0.4 is 11.1 Å². The molecule has 0 bridgehead atoms. The van der Waals surface area contributed by atoms with Gasteiger partial charge < -0.3 is 15.8 Å². The van der Waals surface area contributed by atoms with Gasteiger partial charge in [0.25, 0.3) is 0 Å². The molecule has 0 radical (unpaired) electrons. The lowest BCUT2D eigenvalue weighted by Crippen LogP contribution is -2.12. The predicted molar refractivity (Wildman–Crippen MR) is 75.7 cm³/mol. The Morgan fingerprint density at radius 1 is 1.16 bits per heavy atom. The molecule has 1 rings (SSSR count). The predicted octanol–water partition coefficient (Wildman–Crippen LogP) is 3.05. The van der Waals surface area contributed by atoms with Gasteiger partial charge in [-0.3, -0.25) is 4.79 Å². The smallest absolute Gasteiger partial charge is 0.404 e. The van der Waals surface area contributed by atoms with E-state index in [1.807, 2.05) is 0 Å². The van der Waals surface area contributed by atoms with E-state index in [9.17, 15) is 9.59 Å². The molecule has 0 saturated heterocycles. The molecule has 0 aliphatic heterocycles. The van der Waals surface area contributed by atoms with Crippen LogP contribution in [0.1, 0.15) is 39.2 Å². The molecule has 19 heavy (non-hydrogen) atoms. The highest BCUT2D eigenvalue weighted by Gasteiger charge is 2.00. The lowest BCUT2D eigenvalue weighted by atomic mass is 10.2. The van der Waals surface area contributed by atoms with Crippen LogP contribution >= 0.6 is 0 Å². The van der Waals surface area contributed by atoms with Crippen molar-refractivity contribution in [3.05, 3.63) is 29.8 Å². The average molecular weight is 266 g/mol. The fourth-order valence-corrected chi connectivity index (χ4v) is 1.09. The molecule has 0 unspecified atom stereocenters. The van der Waals surface area contributed by atoms with Crippen molar-refractivity contribution in [2.24, 2.45) is 5.73 Å². The van der Waals surface area contributed by atoms with E-state index >= 15 is 0 Å². The lowest BCUT2D eigenvalue weighted by Gasteiger charge is -2.05. The normalized spacial score (nSPS) is 9.00. The van der Waals surface area contributed by atoms with Crippen LogP contribution in [0.5, 0.6) is 0 Å². The van der Waals surface area contributed by atoms with Crippen molar-refractivity contribution in [3.63, 3.8) is 0 Å². The minimum atomic E-state index is -0.802. The Morgan fingerprint density at radius 2 is 1.68 bits per heavy atom. The second-order valence-corrected chi connectivity index (χ2v) is 3.91. The summed E-state index contributed by atoms with van der Waals surface area (Å²) >= 11 is 0. The van der Waals surface area contributed by atoms with Gasteiger partial charge in [0.15, 0.2) is 0 Å². The molecule has 0 spiro atoms. The minimum absolute atomic E-state index is 0.0406. The first kappa shape index (κ1) is 17.0. The fraction of sp³-hybridized carbons (Fsp3) is 0.429. The molecule has 0 heterocycles. The molecule has 2 amide bonds. The third kappa shape index (κ3) is 8.65. The quantitative estimate of drug-likeness (QED) is 0.878. The molecule has 5 nitrogen and oxygen atoms in total. The summed E-state index contributed by atoms with van der Waals surface area (Å²) in [5, 5.41) is 2.71. The topological polar surface area (TPSA) is 81.4 Å². The van der Waals surface area contributed by atoms with Crippen molar-refractivity contribution in [2.75, 3.05) is 5.32 Å². The van der Waals surface area contributed by atoms with Crippen molar-refractivity contribution < 1.29 is 14.3 Å². The van der Waals surface area contributed by atoms with Gasteiger partial charge in [0.05, 0.1) is 0 Å². The molecule has 0 aromatic heterocycles. The molecule has 0 fully saturated rings. The summed E-state index contributed by atoms with van der Waals surface area (Å²) in [5.41, 5.74) is 6.37. The van der Waals surface area contributed by atoms with Crippen molar-refractivity contribution in [1.29, 1.82) is 0 Å². The number of rotatable bonds is 4. The maximum absolute atomic E-state index is 11.1. The van der Waals surface area contributed by atoms with Crippen LogP contribution in [0, 0.1) is 0 Å². The number of nitrogens with one attached hydrogen (secondary N) is 1. The third-order valence-electron chi connectivity index (χ3n) is 1.94. The summed E-state index contributed by atoms with van der Waals surface area (Å²) in [6.07, 6.45) is 0.885. The number of anilines is 1. The number of amides is 2. The Hall–Kier alpha value is -2.04. The molecule has 106 valence electrons. The Morgan fingerprint density at radius 3 is 2.11 bits per heavy atom. The van der Waals surface area contributed by atoms with Crippen LogP contribution in [0.25, 0.3) is 0 Å². The number of primary amides is 1. The molecular weight excluding hydrogens is 244 g/mol. The van der Waals surface area contributed by atoms with E-state index in [-0.39, 0.29) is 12.5 Å². The maximum atomic E-state index is 11.1. The SMILES string of the molecule is CCC.CCC(=O)Nc1ccc(COC(N)=O)cc1. The summed E-state index contributed by atoms with van der Waals surface area (Å²) in [4.78, 5) is 21.5. The number of carbonyl (C=O) groups excluding carboxylic acids is 2. The molecular formula is C14H22N2O3. The molecule has 3 N–H and O–H groups in total. The zero-order valence-corrected chi connectivity index (χ0v) is 11.7. The zero-order valence-electron chi connectivity index (χ0n) is 11.7. The third-order valence-corrected chi connectivity index (χ3v) is 1.94. The molecule has 0 aliphatic carbocycles. The summed E-state index contributed by atoms with van der Waals surface area (Å²) in [6.45, 7) is 6.17. The minimum Gasteiger partial charge on any atom is -0.445 e. The highest BCUT2D eigenvalue weighted by molar-refractivity contribution is 5.90. The maximum Gasteiger partial charge on any atom is 0.404 e. The second-order valence-electron chi connectivity index (χ2n) is 3.91. The van der Waals surface area contributed by atoms with E-state index in [2.05, 4.69) is 23.9 Å². The number of hydrogen-bond acceptors (Lipinski definition) is 3. The highest BCUT2D eigenvalue weighted by Crippen LogP contribution is 2.10. The number of carbonyl (C=O) groups is 2. The van der Waals surface area contributed by atoms with Crippen LogP contribution in [-0.2, 0) is 16.1 Å². The van der Waals surface area contributed by atoms with Gasteiger partial charge >= 0.3 is 6.09 Å². The second kappa shape index (κ2) is 9.94. The van der Waals surface area contributed by atoms with Gasteiger partial charge in [-0.05, 0) is 17.7 Å². The number of benzene rings is 1. The van der Waals surface area contributed by atoms with Gasteiger partial charge in [0.2, 0.25) is 5.91 Å². The summed E-state index contributed by atoms with van der Waals surface area (Å²) in [6, 6.07) is 7.00.